The summed E-state index contributed by atoms with van der Waals surface area (Å²) in [6.45, 7) is 1.78. The Balaban J connectivity index is 1.84. The van der Waals surface area contributed by atoms with Crippen LogP contribution in [0.2, 0.25) is 0 Å². The lowest BCUT2D eigenvalue weighted by molar-refractivity contribution is -0.133. The lowest BCUT2D eigenvalue weighted by Gasteiger charge is -2.25. The van der Waals surface area contributed by atoms with Gasteiger partial charge in [-0.3, -0.25) is 9.59 Å². The third-order valence-electron chi connectivity index (χ3n) is 4.35. The van der Waals surface area contributed by atoms with Gasteiger partial charge >= 0.3 is 0 Å². The minimum absolute atomic E-state index is 0.0982. The first kappa shape index (κ1) is 16.4. The number of benzene rings is 1. The van der Waals surface area contributed by atoms with Crippen LogP contribution in [-0.2, 0) is 11.3 Å². The minimum Gasteiger partial charge on any atom is -0.391 e. The Morgan fingerprint density at radius 1 is 1.33 bits per heavy atom. The molecule has 1 aliphatic heterocycles. The smallest absolute Gasteiger partial charge is 0.253 e. The lowest BCUT2D eigenvalue weighted by atomic mass is 10.0. The average Bonchev–Trinajstić information content (AvgIpc) is 2.94. The summed E-state index contributed by atoms with van der Waals surface area (Å²) in [6.07, 6.45) is 1.27. The first-order valence-corrected chi connectivity index (χ1v) is 7.85. The third kappa shape index (κ3) is 3.23. The molecule has 1 fully saturated rings. The molecule has 6 heteroatoms. The number of aliphatic hydroxyl groups excluding tert-OH is 1. The van der Waals surface area contributed by atoms with Gasteiger partial charge in [0.15, 0.2) is 0 Å². The Bertz CT molecular complexity index is 818. The van der Waals surface area contributed by atoms with E-state index >= 15 is 0 Å². The molecule has 1 aliphatic rings. The molecule has 3 rings (SSSR count). The van der Waals surface area contributed by atoms with E-state index in [4.69, 9.17) is 0 Å². The van der Waals surface area contributed by atoms with Crippen molar-refractivity contribution in [2.75, 3.05) is 6.54 Å². The SMILES string of the molecule is Cc1cccn(CC(=O)N2C[C@@H](O)C[C@@H]2c2cccc(F)c2)c1=O. The largest absolute Gasteiger partial charge is 0.391 e. The number of halogens is 1. The fraction of sp³-hybridized carbons (Fsp3) is 0.333. The van der Waals surface area contributed by atoms with Crippen LogP contribution in [0.5, 0.6) is 0 Å². The van der Waals surface area contributed by atoms with E-state index in [2.05, 4.69) is 0 Å². The zero-order valence-electron chi connectivity index (χ0n) is 13.4. The quantitative estimate of drug-likeness (QED) is 0.930. The summed E-state index contributed by atoms with van der Waals surface area (Å²) in [6, 6.07) is 9.07. The Morgan fingerprint density at radius 3 is 2.88 bits per heavy atom. The van der Waals surface area contributed by atoms with Gasteiger partial charge in [0.2, 0.25) is 5.91 Å². The number of hydrogen-bond acceptors (Lipinski definition) is 3. The summed E-state index contributed by atoms with van der Waals surface area (Å²) < 4.78 is 14.8. The highest BCUT2D eigenvalue weighted by Gasteiger charge is 2.35. The second-order valence-electron chi connectivity index (χ2n) is 6.13. The molecule has 0 unspecified atom stereocenters. The molecule has 0 spiro atoms. The molecule has 1 saturated heterocycles. The van der Waals surface area contributed by atoms with E-state index in [0.717, 1.165) is 0 Å². The van der Waals surface area contributed by atoms with Crippen LogP contribution in [0.15, 0.2) is 47.4 Å². The Labute approximate surface area is 139 Å². The molecule has 2 atom stereocenters. The van der Waals surface area contributed by atoms with Gasteiger partial charge in [0.25, 0.3) is 5.56 Å². The molecule has 2 aromatic rings. The maximum Gasteiger partial charge on any atom is 0.253 e. The predicted octanol–water partition coefficient (Wildman–Crippen LogP) is 1.63. The highest BCUT2D eigenvalue weighted by atomic mass is 19.1. The minimum atomic E-state index is -0.656. The van der Waals surface area contributed by atoms with Gasteiger partial charge in [-0.05, 0) is 37.1 Å². The second kappa shape index (κ2) is 6.57. The van der Waals surface area contributed by atoms with Crippen molar-refractivity contribution in [3.05, 3.63) is 69.9 Å². The first-order chi connectivity index (χ1) is 11.5. The van der Waals surface area contributed by atoms with Crippen molar-refractivity contribution >= 4 is 5.91 Å². The van der Waals surface area contributed by atoms with Crippen LogP contribution in [0.4, 0.5) is 4.39 Å². The molecule has 0 radical (unpaired) electrons. The van der Waals surface area contributed by atoms with E-state index in [-0.39, 0.29) is 36.4 Å². The van der Waals surface area contributed by atoms with Gasteiger partial charge in [-0.25, -0.2) is 4.39 Å². The summed E-state index contributed by atoms with van der Waals surface area (Å²) in [5.41, 5.74) is 0.998. The number of rotatable bonds is 3. The number of carbonyl (C=O) groups is 1. The highest BCUT2D eigenvalue weighted by molar-refractivity contribution is 5.77. The topological polar surface area (TPSA) is 62.5 Å². The molecular formula is C18H19FN2O3. The average molecular weight is 330 g/mol. The number of aliphatic hydroxyl groups is 1. The molecule has 2 heterocycles. The molecule has 1 amide bonds. The van der Waals surface area contributed by atoms with Gasteiger partial charge in [-0.15, -0.1) is 0 Å². The van der Waals surface area contributed by atoms with Gasteiger partial charge in [-0.2, -0.15) is 0 Å². The number of amides is 1. The Morgan fingerprint density at radius 2 is 2.12 bits per heavy atom. The van der Waals surface area contributed by atoms with Crippen molar-refractivity contribution in [3.8, 4) is 0 Å². The van der Waals surface area contributed by atoms with Crippen molar-refractivity contribution in [1.82, 2.24) is 9.47 Å². The van der Waals surface area contributed by atoms with Gasteiger partial charge in [0.05, 0.1) is 12.1 Å². The van der Waals surface area contributed by atoms with Crippen molar-refractivity contribution in [1.29, 1.82) is 0 Å². The molecule has 1 aromatic heterocycles. The van der Waals surface area contributed by atoms with Gasteiger partial charge in [-0.1, -0.05) is 18.2 Å². The van der Waals surface area contributed by atoms with E-state index in [1.807, 2.05) is 0 Å². The normalized spacial score (nSPS) is 20.4. The maximum atomic E-state index is 13.5. The monoisotopic (exact) mass is 330 g/mol. The molecule has 0 aliphatic carbocycles. The summed E-state index contributed by atoms with van der Waals surface area (Å²) in [4.78, 5) is 26.2. The number of likely N-dealkylation sites (tertiary alicyclic amines) is 1. The summed E-state index contributed by atoms with van der Waals surface area (Å²) in [7, 11) is 0. The first-order valence-electron chi connectivity index (χ1n) is 7.85. The van der Waals surface area contributed by atoms with Gasteiger partial charge < -0.3 is 14.6 Å². The van der Waals surface area contributed by atoms with Crippen LogP contribution >= 0.6 is 0 Å². The molecule has 1 N–H and O–H groups in total. The number of nitrogens with zero attached hydrogens (tertiary/aromatic N) is 2. The summed E-state index contributed by atoms with van der Waals surface area (Å²) >= 11 is 0. The van der Waals surface area contributed by atoms with Crippen molar-refractivity contribution < 1.29 is 14.3 Å². The fourth-order valence-corrected chi connectivity index (χ4v) is 3.14. The summed E-state index contributed by atoms with van der Waals surface area (Å²) in [5.74, 6) is -0.648. The van der Waals surface area contributed by atoms with Crippen LogP contribution in [0, 0.1) is 12.7 Å². The van der Waals surface area contributed by atoms with Crippen molar-refractivity contribution in [2.24, 2.45) is 0 Å². The number of carbonyl (C=O) groups excluding carboxylic acids is 1. The Kier molecular flexibility index (Phi) is 4.49. The zero-order valence-corrected chi connectivity index (χ0v) is 13.4. The van der Waals surface area contributed by atoms with E-state index in [9.17, 15) is 19.1 Å². The second-order valence-corrected chi connectivity index (χ2v) is 6.13. The van der Waals surface area contributed by atoms with Gasteiger partial charge in [0.1, 0.15) is 12.4 Å². The highest BCUT2D eigenvalue weighted by Crippen LogP contribution is 2.32. The number of β-amino-alcohol motifs (C(OH)–C–C–N with tert-alkyl or cyclic N) is 1. The van der Waals surface area contributed by atoms with E-state index in [1.165, 1.54) is 21.6 Å². The number of aryl methyl sites for hydroxylation is 1. The number of hydrogen-bond donors (Lipinski definition) is 1. The van der Waals surface area contributed by atoms with Crippen LogP contribution in [0.1, 0.15) is 23.6 Å². The van der Waals surface area contributed by atoms with E-state index in [0.29, 0.717) is 17.5 Å². The van der Waals surface area contributed by atoms with Crippen LogP contribution < -0.4 is 5.56 Å². The fourth-order valence-electron chi connectivity index (χ4n) is 3.14. The van der Waals surface area contributed by atoms with Crippen molar-refractivity contribution in [3.63, 3.8) is 0 Å². The molecule has 126 valence electrons. The Hall–Kier alpha value is -2.47. The molecule has 24 heavy (non-hydrogen) atoms. The van der Waals surface area contributed by atoms with E-state index < -0.39 is 6.10 Å². The van der Waals surface area contributed by atoms with Crippen LogP contribution in [0.3, 0.4) is 0 Å². The maximum absolute atomic E-state index is 13.5. The molecule has 0 saturated carbocycles. The molecule has 1 aromatic carbocycles. The molecule has 0 bridgehead atoms. The van der Waals surface area contributed by atoms with Crippen LogP contribution in [0.25, 0.3) is 0 Å². The lowest BCUT2D eigenvalue weighted by Crippen LogP contribution is -2.37. The van der Waals surface area contributed by atoms with Gasteiger partial charge in [0, 0.05) is 18.3 Å². The predicted molar refractivity (Wildman–Crippen MR) is 86.9 cm³/mol. The van der Waals surface area contributed by atoms with Crippen molar-refractivity contribution in [2.45, 2.75) is 32.0 Å². The van der Waals surface area contributed by atoms with E-state index in [1.54, 1.807) is 37.4 Å². The molecular weight excluding hydrogens is 311 g/mol. The van der Waals surface area contributed by atoms with Crippen LogP contribution in [-0.4, -0.2) is 33.1 Å². The summed E-state index contributed by atoms with van der Waals surface area (Å²) in [5, 5.41) is 9.96. The standard InChI is InChI=1S/C18H19FN2O3/c1-12-4-3-7-20(18(12)24)11-17(23)21-10-15(22)9-16(21)13-5-2-6-14(19)8-13/h2-8,15-16,22H,9-11H2,1H3/t15-,16+/m0/s1. The number of pyridine rings is 1. The zero-order chi connectivity index (χ0) is 17.3. The number of aromatic nitrogens is 1. The molecule has 5 nitrogen and oxygen atoms in total. The third-order valence-corrected chi connectivity index (χ3v) is 4.35.